The van der Waals surface area contributed by atoms with Crippen molar-refractivity contribution in [3.8, 4) is 11.1 Å². The summed E-state index contributed by atoms with van der Waals surface area (Å²) in [5, 5.41) is 6.72. The number of piperazine rings is 1. The maximum Gasteiger partial charge on any atom is 0.254 e. The molecular formula is C25H24FN3O3S. The Kier molecular flexibility index (Phi) is 7.14. The quantitative estimate of drug-likeness (QED) is 0.605. The number of amides is 3. The van der Waals surface area contributed by atoms with Crippen molar-refractivity contribution in [2.24, 2.45) is 0 Å². The van der Waals surface area contributed by atoms with E-state index in [-0.39, 0.29) is 24.3 Å². The molecule has 2 heterocycles. The van der Waals surface area contributed by atoms with Crippen molar-refractivity contribution in [2.75, 3.05) is 32.7 Å². The Hall–Kier alpha value is -3.52. The molecule has 0 aliphatic carbocycles. The van der Waals surface area contributed by atoms with Crippen LogP contribution in [0.5, 0.6) is 0 Å². The Morgan fingerprint density at radius 1 is 0.879 bits per heavy atom. The monoisotopic (exact) mass is 465 g/mol. The van der Waals surface area contributed by atoms with Crippen LogP contribution in [0, 0.1) is 0 Å². The third-order valence-electron chi connectivity index (χ3n) is 5.71. The first-order valence-electron chi connectivity index (χ1n) is 10.7. The van der Waals surface area contributed by atoms with Crippen molar-refractivity contribution in [2.45, 2.75) is 6.67 Å². The maximum absolute atomic E-state index is 13.2. The van der Waals surface area contributed by atoms with Crippen LogP contribution in [-0.2, 0) is 11.5 Å². The van der Waals surface area contributed by atoms with Crippen LogP contribution in [0.1, 0.15) is 26.3 Å². The van der Waals surface area contributed by atoms with E-state index in [0.717, 1.165) is 11.1 Å². The molecule has 0 unspecified atom stereocenters. The molecule has 33 heavy (non-hydrogen) atoms. The van der Waals surface area contributed by atoms with Gasteiger partial charge in [-0.2, -0.15) is 11.3 Å². The van der Waals surface area contributed by atoms with E-state index in [4.69, 9.17) is 0 Å². The predicted octanol–water partition coefficient (Wildman–Crippen LogP) is 3.60. The summed E-state index contributed by atoms with van der Waals surface area (Å²) in [6, 6.07) is 15.9. The van der Waals surface area contributed by atoms with Crippen molar-refractivity contribution in [1.29, 1.82) is 0 Å². The summed E-state index contributed by atoms with van der Waals surface area (Å²) in [7, 11) is 0. The minimum atomic E-state index is -0.698. The van der Waals surface area contributed by atoms with Gasteiger partial charge in [0.2, 0.25) is 5.91 Å². The molecule has 0 radical (unpaired) electrons. The number of hydrogen-bond acceptors (Lipinski definition) is 4. The van der Waals surface area contributed by atoms with Gasteiger partial charge in [0.05, 0.1) is 6.54 Å². The lowest BCUT2D eigenvalue weighted by molar-refractivity contribution is -0.131. The van der Waals surface area contributed by atoms with Crippen LogP contribution in [0.2, 0.25) is 0 Å². The fraction of sp³-hybridized carbons (Fsp3) is 0.240. The van der Waals surface area contributed by atoms with Gasteiger partial charge in [-0.15, -0.1) is 0 Å². The predicted molar refractivity (Wildman–Crippen MR) is 126 cm³/mol. The van der Waals surface area contributed by atoms with E-state index in [1.807, 2.05) is 29.0 Å². The summed E-state index contributed by atoms with van der Waals surface area (Å²) in [6.45, 7) is 0.661. The van der Waals surface area contributed by atoms with E-state index >= 15 is 0 Å². The molecule has 1 N–H and O–H groups in total. The number of hydrogen-bond donors (Lipinski definition) is 1. The van der Waals surface area contributed by atoms with Gasteiger partial charge in [-0.25, -0.2) is 4.39 Å². The number of nitrogens with one attached hydrogen (secondary N) is 1. The van der Waals surface area contributed by atoms with Crippen LogP contribution in [0.15, 0.2) is 65.4 Å². The smallest absolute Gasteiger partial charge is 0.254 e. The molecule has 1 fully saturated rings. The average Bonchev–Trinajstić information content (AvgIpc) is 3.42. The standard InChI is InChI=1S/C25H24FN3O3S/c26-15-20-3-1-2-4-22(20)25(32)29-12-10-28(11-13-29)23(30)16-27-24(31)19-7-5-18(6-8-19)21-9-14-33-17-21/h1-9,14,17H,10-13,15-16H2,(H,27,31). The van der Waals surface area contributed by atoms with Crippen molar-refractivity contribution in [1.82, 2.24) is 15.1 Å². The third-order valence-corrected chi connectivity index (χ3v) is 6.40. The summed E-state index contributed by atoms with van der Waals surface area (Å²) < 4.78 is 13.2. The number of nitrogens with zero attached hydrogens (tertiary/aromatic N) is 2. The molecule has 1 aliphatic rings. The second-order valence-corrected chi connectivity index (χ2v) is 8.52. The molecule has 8 heteroatoms. The number of halogens is 1. The van der Waals surface area contributed by atoms with Crippen LogP contribution in [0.25, 0.3) is 11.1 Å². The summed E-state index contributed by atoms with van der Waals surface area (Å²) in [4.78, 5) is 41.0. The molecule has 1 aromatic heterocycles. The van der Waals surface area contributed by atoms with Gasteiger partial charge < -0.3 is 15.1 Å². The Balaban J connectivity index is 1.26. The van der Waals surface area contributed by atoms with Gasteiger partial charge in [-0.3, -0.25) is 14.4 Å². The zero-order chi connectivity index (χ0) is 23.2. The van der Waals surface area contributed by atoms with Crippen LogP contribution in [0.4, 0.5) is 4.39 Å². The minimum Gasteiger partial charge on any atom is -0.343 e. The van der Waals surface area contributed by atoms with Gasteiger partial charge in [0.1, 0.15) is 6.67 Å². The highest BCUT2D eigenvalue weighted by Crippen LogP contribution is 2.22. The van der Waals surface area contributed by atoms with E-state index in [1.165, 1.54) is 0 Å². The summed E-state index contributed by atoms with van der Waals surface area (Å²) in [5.74, 6) is -0.735. The van der Waals surface area contributed by atoms with Gasteiger partial charge in [0.25, 0.3) is 11.8 Å². The Bertz CT molecular complexity index is 1120. The molecular weight excluding hydrogens is 441 g/mol. The maximum atomic E-state index is 13.2. The molecule has 2 aromatic carbocycles. The van der Waals surface area contributed by atoms with E-state index in [1.54, 1.807) is 57.5 Å². The Morgan fingerprint density at radius 2 is 1.58 bits per heavy atom. The first-order valence-corrected chi connectivity index (χ1v) is 11.6. The van der Waals surface area contributed by atoms with Crippen LogP contribution < -0.4 is 5.32 Å². The highest BCUT2D eigenvalue weighted by Gasteiger charge is 2.26. The van der Waals surface area contributed by atoms with E-state index in [2.05, 4.69) is 5.32 Å². The number of benzene rings is 2. The molecule has 0 atom stereocenters. The average molecular weight is 466 g/mol. The van der Waals surface area contributed by atoms with Crippen molar-refractivity contribution in [3.05, 3.63) is 82.0 Å². The normalized spacial score (nSPS) is 13.6. The molecule has 1 saturated heterocycles. The van der Waals surface area contributed by atoms with Gasteiger partial charge in [-0.1, -0.05) is 30.3 Å². The molecule has 0 bridgehead atoms. The SMILES string of the molecule is O=C(NCC(=O)N1CCN(C(=O)c2ccccc2CF)CC1)c1ccc(-c2ccsc2)cc1. The molecule has 4 rings (SSSR count). The Labute approximate surface area is 195 Å². The number of carbonyl (C=O) groups is 3. The molecule has 1 aliphatic heterocycles. The lowest BCUT2D eigenvalue weighted by Gasteiger charge is -2.35. The number of carbonyl (C=O) groups excluding carboxylic acids is 3. The van der Waals surface area contributed by atoms with Gasteiger partial charge in [0, 0.05) is 37.3 Å². The second-order valence-electron chi connectivity index (χ2n) is 7.74. The molecule has 3 amide bonds. The highest BCUT2D eigenvalue weighted by molar-refractivity contribution is 7.08. The Morgan fingerprint density at radius 3 is 2.24 bits per heavy atom. The van der Waals surface area contributed by atoms with Crippen molar-refractivity contribution in [3.63, 3.8) is 0 Å². The first kappa shape index (κ1) is 22.7. The van der Waals surface area contributed by atoms with Gasteiger partial charge >= 0.3 is 0 Å². The molecule has 0 spiro atoms. The lowest BCUT2D eigenvalue weighted by atomic mass is 10.1. The zero-order valence-electron chi connectivity index (χ0n) is 18.0. The summed E-state index contributed by atoms with van der Waals surface area (Å²) >= 11 is 1.61. The fourth-order valence-corrected chi connectivity index (χ4v) is 4.45. The van der Waals surface area contributed by atoms with Gasteiger partial charge in [-0.05, 0) is 51.7 Å². The van der Waals surface area contributed by atoms with Crippen LogP contribution in [0.3, 0.4) is 0 Å². The highest BCUT2D eigenvalue weighted by atomic mass is 32.1. The molecule has 170 valence electrons. The van der Waals surface area contributed by atoms with Crippen LogP contribution >= 0.6 is 11.3 Å². The second kappa shape index (κ2) is 10.4. The summed E-state index contributed by atoms with van der Waals surface area (Å²) in [5.41, 5.74) is 3.35. The van der Waals surface area contributed by atoms with E-state index < -0.39 is 6.67 Å². The largest absolute Gasteiger partial charge is 0.343 e. The third kappa shape index (κ3) is 5.28. The van der Waals surface area contributed by atoms with Crippen LogP contribution in [-0.4, -0.2) is 60.2 Å². The molecule has 0 saturated carbocycles. The zero-order valence-corrected chi connectivity index (χ0v) is 18.8. The summed E-state index contributed by atoms with van der Waals surface area (Å²) in [6.07, 6.45) is 0. The lowest BCUT2D eigenvalue weighted by Crippen LogP contribution is -2.52. The molecule has 3 aromatic rings. The molecule has 6 nitrogen and oxygen atoms in total. The number of alkyl halides is 1. The van der Waals surface area contributed by atoms with Crippen molar-refractivity contribution >= 4 is 29.1 Å². The van der Waals surface area contributed by atoms with E-state index in [0.29, 0.717) is 42.9 Å². The minimum absolute atomic E-state index is 0.107. The first-order chi connectivity index (χ1) is 16.1. The van der Waals surface area contributed by atoms with E-state index in [9.17, 15) is 18.8 Å². The number of rotatable bonds is 6. The number of thiophene rings is 1. The fourth-order valence-electron chi connectivity index (χ4n) is 3.79. The van der Waals surface area contributed by atoms with Crippen molar-refractivity contribution < 1.29 is 18.8 Å². The topological polar surface area (TPSA) is 69.7 Å². The van der Waals surface area contributed by atoms with Gasteiger partial charge in [0.15, 0.2) is 0 Å².